The average molecular weight is 571 g/mol. The van der Waals surface area contributed by atoms with Crippen molar-refractivity contribution in [2.24, 2.45) is 5.92 Å². The van der Waals surface area contributed by atoms with Crippen LogP contribution in [0.2, 0.25) is 0 Å². The molecule has 4 heterocycles. The summed E-state index contributed by atoms with van der Waals surface area (Å²) in [5, 5.41) is 21.5. The van der Waals surface area contributed by atoms with Gasteiger partial charge in [-0.2, -0.15) is 0 Å². The summed E-state index contributed by atoms with van der Waals surface area (Å²) < 4.78 is 0. The zero-order chi connectivity index (χ0) is 27.7. The van der Waals surface area contributed by atoms with Crippen molar-refractivity contribution in [2.75, 3.05) is 37.6 Å². The van der Waals surface area contributed by atoms with Gasteiger partial charge in [-0.05, 0) is 24.5 Å². The van der Waals surface area contributed by atoms with Gasteiger partial charge in [0, 0.05) is 68.6 Å². The second kappa shape index (κ2) is 11.2. The summed E-state index contributed by atoms with van der Waals surface area (Å²) in [4.78, 5) is 51.2. The summed E-state index contributed by atoms with van der Waals surface area (Å²) in [5.74, 6) is -0.273. The molecule has 39 heavy (non-hydrogen) atoms. The predicted octanol–water partition coefficient (Wildman–Crippen LogP) is 2.48. The molecule has 2 aromatic rings. The van der Waals surface area contributed by atoms with Gasteiger partial charge in [0.15, 0.2) is 0 Å². The van der Waals surface area contributed by atoms with E-state index >= 15 is 0 Å². The SMILES string of the molecule is CC[C@H](O)[C@@H]1C(=O)N2C(C(=O)S)=C(CCN3CCN(c4ncccn4)CC3)S[C@]12Cc1ccc([N+](=O)[O-])cc1. The second-order valence-corrected chi connectivity index (χ2v) is 11.7. The van der Waals surface area contributed by atoms with Crippen molar-refractivity contribution in [3.8, 4) is 0 Å². The Bertz CT molecular complexity index is 1290. The van der Waals surface area contributed by atoms with Crippen LogP contribution >= 0.6 is 24.4 Å². The lowest BCUT2D eigenvalue weighted by atomic mass is 9.77. The lowest BCUT2D eigenvalue weighted by Gasteiger charge is -2.55. The number of fused-ring (bicyclic) bond motifs is 1. The van der Waals surface area contributed by atoms with Crippen molar-refractivity contribution in [3.63, 3.8) is 0 Å². The van der Waals surface area contributed by atoms with Crippen LogP contribution in [0.15, 0.2) is 53.3 Å². The third kappa shape index (κ3) is 5.15. The van der Waals surface area contributed by atoms with Crippen LogP contribution in [0, 0.1) is 16.0 Å². The molecule has 3 aliphatic rings. The summed E-state index contributed by atoms with van der Waals surface area (Å²) >= 11 is 5.58. The maximum absolute atomic E-state index is 13.3. The third-order valence-corrected chi connectivity index (χ3v) is 9.40. The monoisotopic (exact) mass is 570 g/mol. The largest absolute Gasteiger partial charge is 0.392 e. The van der Waals surface area contributed by atoms with E-state index in [1.807, 2.05) is 6.92 Å². The van der Waals surface area contributed by atoms with Crippen LogP contribution in [0.1, 0.15) is 25.3 Å². The van der Waals surface area contributed by atoms with Crippen LogP contribution in [0.4, 0.5) is 11.6 Å². The smallest absolute Gasteiger partial charge is 0.269 e. The molecule has 0 bridgehead atoms. The van der Waals surface area contributed by atoms with Gasteiger partial charge in [-0.1, -0.05) is 43.4 Å². The van der Waals surface area contributed by atoms with Crippen molar-refractivity contribution >= 4 is 47.0 Å². The quantitative estimate of drug-likeness (QED) is 0.190. The summed E-state index contributed by atoms with van der Waals surface area (Å²) in [7, 11) is 0. The Labute approximate surface area is 235 Å². The number of carbonyl (C=O) groups excluding carboxylic acids is 2. The Hall–Kier alpha value is -3.00. The highest BCUT2D eigenvalue weighted by Gasteiger charge is 2.68. The average Bonchev–Trinajstić information content (AvgIpc) is 3.22. The number of nitrogens with zero attached hydrogens (tertiary/aromatic N) is 6. The minimum Gasteiger partial charge on any atom is -0.392 e. The maximum atomic E-state index is 13.3. The van der Waals surface area contributed by atoms with E-state index in [-0.39, 0.29) is 17.3 Å². The molecule has 1 aromatic carbocycles. The third-order valence-electron chi connectivity index (χ3n) is 7.61. The molecule has 206 valence electrons. The van der Waals surface area contributed by atoms with Crippen LogP contribution in [-0.2, 0) is 16.0 Å². The number of piperazine rings is 1. The number of nitro benzene ring substituents is 1. The van der Waals surface area contributed by atoms with Crippen molar-refractivity contribution < 1.29 is 19.6 Å². The van der Waals surface area contributed by atoms with E-state index in [0.29, 0.717) is 31.8 Å². The molecule has 2 saturated heterocycles. The van der Waals surface area contributed by atoms with E-state index in [4.69, 9.17) is 0 Å². The standard InChI is InChI=1S/C26H30N6O5S2/c1-2-19(33)21-23(34)31-22(24(35)38)20(39-26(21,31)16-17-4-6-18(7-5-17)32(36)37)8-11-29-12-14-30(15-13-29)25-27-9-3-10-28-25/h3-7,9-10,19,21,33H,2,8,11-16H2,1H3,(H,35,38)/t19-,21+,26+/m0/s1. The lowest BCUT2D eigenvalue weighted by molar-refractivity contribution is -0.384. The molecule has 0 saturated carbocycles. The number of aromatic nitrogens is 2. The molecular weight excluding hydrogens is 540 g/mol. The predicted molar refractivity (Wildman–Crippen MR) is 150 cm³/mol. The van der Waals surface area contributed by atoms with Gasteiger partial charge in [0.1, 0.15) is 10.6 Å². The van der Waals surface area contributed by atoms with Crippen LogP contribution in [0.25, 0.3) is 0 Å². The molecule has 0 radical (unpaired) electrons. The van der Waals surface area contributed by atoms with E-state index in [9.17, 15) is 24.8 Å². The Morgan fingerprint density at radius 3 is 2.49 bits per heavy atom. The fourth-order valence-corrected chi connectivity index (χ4v) is 7.72. The molecule has 3 atom stereocenters. The Morgan fingerprint density at radius 2 is 1.90 bits per heavy atom. The maximum Gasteiger partial charge on any atom is 0.269 e. The van der Waals surface area contributed by atoms with Crippen LogP contribution < -0.4 is 4.90 Å². The number of hydrogen-bond donors (Lipinski definition) is 2. The zero-order valence-corrected chi connectivity index (χ0v) is 23.2. The van der Waals surface area contributed by atoms with Gasteiger partial charge < -0.3 is 10.0 Å². The number of rotatable bonds is 10. The van der Waals surface area contributed by atoms with Crippen LogP contribution in [0.3, 0.4) is 0 Å². The van der Waals surface area contributed by atoms with Gasteiger partial charge in [-0.25, -0.2) is 9.97 Å². The van der Waals surface area contributed by atoms with Crippen molar-refractivity contribution in [2.45, 2.75) is 37.2 Å². The molecule has 11 nitrogen and oxygen atoms in total. The van der Waals surface area contributed by atoms with Gasteiger partial charge >= 0.3 is 0 Å². The number of β-lactam (4-membered cyclic amide) rings is 1. The highest BCUT2D eigenvalue weighted by Crippen LogP contribution is 2.61. The van der Waals surface area contributed by atoms with E-state index in [1.54, 1.807) is 30.6 Å². The Balaban J connectivity index is 1.33. The molecule has 3 aliphatic heterocycles. The summed E-state index contributed by atoms with van der Waals surface area (Å²) in [6.45, 7) is 5.72. The molecule has 13 heteroatoms. The number of non-ortho nitro benzene ring substituents is 1. The van der Waals surface area contributed by atoms with Crippen molar-refractivity contribution in [1.29, 1.82) is 0 Å². The number of thiol groups is 1. The number of aliphatic hydroxyl groups excluding tert-OH is 1. The summed E-state index contributed by atoms with van der Waals surface area (Å²) in [6.07, 6.45) is 3.88. The molecular formula is C26H30N6O5S2. The number of thioether (sulfide) groups is 1. The fraction of sp³-hybridized carbons (Fsp3) is 0.462. The number of hydrogen-bond acceptors (Lipinski definition) is 10. The molecule has 0 unspecified atom stereocenters. The molecule has 5 rings (SSSR count). The number of amides is 1. The highest BCUT2D eigenvalue weighted by molar-refractivity contribution is 8.05. The van der Waals surface area contributed by atoms with Crippen LogP contribution in [-0.4, -0.2) is 84.5 Å². The number of aliphatic hydroxyl groups is 1. The minimum atomic E-state index is -0.880. The molecule has 2 fully saturated rings. The van der Waals surface area contributed by atoms with Gasteiger partial charge in [0.2, 0.25) is 17.0 Å². The number of benzene rings is 1. The zero-order valence-electron chi connectivity index (χ0n) is 21.5. The highest BCUT2D eigenvalue weighted by atomic mass is 32.2. The van der Waals surface area contributed by atoms with Gasteiger partial charge in [0.25, 0.3) is 5.69 Å². The first-order valence-electron chi connectivity index (χ1n) is 12.9. The first-order chi connectivity index (χ1) is 18.7. The first-order valence-corrected chi connectivity index (χ1v) is 14.2. The molecule has 1 N–H and O–H groups in total. The fourth-order valence-electron chi connectivity index (χ4n) is 5.61. The van der Waals surface area contributed by atoms with Crippen molar-refractivity contribution in [1.82, 2.24) is 19.8 Å². The summed E-state index contributed by atoms with van der Waals surface area (Å²) in [5.41, 5.74) is 1.04. The normalized spacial score (nSPS) is 24.0. The van der Waals surface area contributed by atoms with E-state index < -0.39 is 26.9 Å². The Kier molecular flexibility index (Phi) is 7.94. The van der Waals surface area contributed by atoms with Crippen LogP contribution in [0.5, 0.6) is 0 Å². The van der Waals surface area contributed by atoms with E-state index in [1.165, 1.54) is 28.8 Å². The van der Waals surface area contributed by atoms with E-state index in [0.717, 1.165) is 36.6 Å². The number of nitro groups is 1. The minimum absolute atomic E-state index is 0.0222. The second-order valence-electron chi connectivity index (χ2n) is 9.88. The number of carbonyl (C=O) groups is 2. The van der Waals surface area contributed by atoms with Crippen molar-refractivity contribution in [3.05, 3.63) is 69.0 Å². The Morgan fingerprint density at radius 1 is 1.23 bits per heavy atom. The van der Waals surface area contributed by atoms with Gasteiger partial charge in [0.05, 0.1) is 16.9 Å². The topological polar surface area (TPSA) is 133 Å². The van der Waals surface area contributed by atoms with Gasteiger partial charge in [-0.3, -0.25) is 29.5 Å². The molecule has 0 spiro atoms. The summed E-state index contributed by atoms with van der Waals surface area (Å²) in [6, 6.07) is 7.99. The first kappa shape index (κ1) is 27.6. The van der Waals surface area contributed by atoms with E-state index in [2.05, 4.69) is 32.4 Å². The van der Waals surface area contributed by atoms with Gasteiger partial charge in [-0.15, -0.1) is 0 Å². The molecule has 1 aromatic heterocycles. The lowest BCUT2D eigenvalue weighted by Crippen LogP contribution is -2.71. The number of anilines is 1. The molecule has 0 aliphatic carbocycles. The molecule has 1 amide bonds.